The third-order valence-corrected chi connectivity index (χ3v) is 14.4. The molecule has 6 atom stereocenters. The maximum Gasteiger partial charge on any atom is 0.335 e. The van der Waals surface area contributed by atoms with Crippen molar-refractivity contribution in [3.05, 3.63) is 48.6 Å². The Morgan fingerprint density at radius 1 is 0.442 bits per heavy atom. The second-order valence-electron chi connectivity index (χ2n) is 21.7. The lowest BCUT2D eigenvalue weighted by Gasteiger charge is -2.40. The minimum absolute atomic E-state index is 0.0417. The molecular weight excluding hydrogens is 973 g/mol. The van der Waals surface area contributed by atoms with Crippen LogP contribution in [-0.2, 0) is 42.9 Å². The van der Waals surface area contributed by atoms with Crippen molar-refractivity contribution in [3.63, 3.8) is 0 Å². The van der Waals surface area contributed by atoms with Crippen LogP contribution in [0.1, 0.15) is 290 Å². The Bertz CT molecular complexity index is 1520. The third kappa shape index (κ3) is 43.2. The summed E-state index contributed by atoms with van der Waals surface area (Å²) in [5.41, 5.74) is 0. The van der Waals surface area contributed by atoms with Gasteiger partial charge in [-0.1, -0.05) is 243 Å². The van der Waals surface area contributed by atoms with Crippen LogP contribution >= 0.6 is 0 Å². The summed E-state index contributed by atoms with van der Waals surface area (Å²) < 4.78 is 28.5. The number of hydrogen-bond acceptors (Lipinski definition) is 11. The van der Waals surface area contributed by atoms with Crippen LogP contribution < -0.4 is 0 Å². The third-order valence-electron chi connectivity index (χ3n) is 14.4. The number of hydrogen-bond donors (Lipinski definition) is 3. The Morgan fingerprint density at radius 3 is 1.26 bits per heavy atom. The molecule has 1 fully saturated rings. The molecule has 0 aromatic rings. The molecule has 0 bridgehead atoms. The first-order valence-corrected chi connectivity index (χ1v) is 31.6. The fraction of sp³-hybridized carbons (Fsp3) is 0.815. The first kappa shape index (κ1) is 71.7. The van der Waals surface area contributed by atoms with E-state index in [-0.39, 0.29) is 25.9 Å². The Labute approximate surface area is 469 Å². The summed E-state index contributed by atoms with van der Waals surface area (Å²) >= 11 is 0. The van der Waals surface area contributed by atoms with Crippen LogP contribution in [0, 0.1) is 0 Å². The zero-order chi connectivity index (χ0) is 56.1. The molecule has 0 amide bonds. The van der Waals surface area contributed by atoms with E-state index in [0.29, 0.717) is 19.3 Å². The van der Waals surface area contributed by atoms with Crippen molar-refractivity contribution < 1.29 is 58.2 Å². The summed E-state index contributed by atoms with van der Waals surface area (Å²) in [5.74, 6) is -3.13. The quantitative estimate of drug-likeness (QED) is 0.0228. The van der Waals surface area contributed by atoms with Crippen molar-refractivity contribution in [2.24, 2.45) is 0 Å². The van der Waals surface area contributed by atoms with Crippen molar-refractivity contribution in [2.75, 3.05) is 13.2 Å². The number of aliphatic carboxylic acids is 1. The average molecular weight is 1090 g/mol. The highest BCUT2D eigenvalue weighted by molar-refractivity contribution is 5.74. The lowest BCUT2D eigenvalue weighted by Crippen LogP contribution is -2.61. The van der Waals surface area contributed by atoms with E-state index in [4.69, 9.17) is 23.7 Å². The minimum atomic E-state index is -1.91. The summed E-state index contributed by atoms with van der Waals surface area (Å²) in [6.45, 7) is 5.90. The van der Waals surface area contributed by atoms with Crippen molar-refractivity contribution in [1.29, 1.82) is 0 Å². The van der Waals surface area contributed by atoms with Gasteiger partial charge in [0.2, 0.25) is 0 Å². The predicted octanol–water partition coefficient (Wildman–Crippen LogP) is 16.6. The highest BCUT2D eigenvalue weighted by atomic mass is 16.7. The molecule has 0 aromatic heterocycles. The maximum atomic E-state index is 13.2. The van der Waals surface area contributed by atoms with Crippen LogP contribution in [0.25, 0.3) is 0 Å². The van der Waals surface area contributed by atoms with Crippen molar-refractivity contribution in [1.82, 2.24) is 0 Å². The summed E-state index contributed by atoms with van der Waals surface area (Å²) in [6, 6.07) is 0. The van der Waals surface area contributed by atoms with Gasteiger partial charge in [0.15, 0.2) is 24.6 Å². The Morgan fingerprint density at radius 2 is 0.818 bits per heavy atom. The molecule has 1 heterocycles. The zero-order valence-corrected chi connectivity index (χ0v) is 49.2. The molecule has 3 N–H and O–H groups in total. The molecule has 0 aliphatic carbocycles. The molecule has 6 unspecified atom stereocenters. The van der Waals surface area contributed by atoms with Gasteiger partial charge in [0, 0.05) is 19.3 Å². The predicted molar refractivity (Wildman–Crippen MR) is 312 cm³/mol. The molecule has 1 saturated heterocycles. The SMILES string of the molecule is CC/C=C\C/C=C\C/C=C\CCCCCCCC(=O)OC1C(OCC(COC(=O)CCCCCCCCCCCCCCCCCCC)OC(=O)CCCCCCC/C=C\CCCCCCCC)OC(C(=O)O)C(O)C1O. The Hall–Kier alpha value is -3.32. The van der Waals surface area contributed by atoms with E-state index in [2.05, 4.69) is 69.4 Å². The van der Waals surface area contributed by atoms with E-state index in [9.17, 15) is 34.5 Å². The Balaban J connectivity index is 2.67. The molecule has 0 radical (unpaired) electrons. The summed E-state index contributed by atoms with van der Waals surface area (Å²) in [5, 5.41) is 31.5. The van der Waals surface area contributed by atoms with Crippen LogP contribution in [0.4, 0.5) is 0 Å². The van der Waals surface area contributed by atoms with Gasteiger partial charge in [-0.05, 0) is 77.0 Å². The van der Waals surface area contributed by atoms with Gasteiger partial charge in [0.05, 0.1) is 6.61 Å². The molecule has 12 heteroatoms. The van der Waals surface area contributed by atoms with Gasteiger partial charge in [-0.3, -0.25) is 14.4 Å². The van der Waals surface area contributed by atoms with Gasteiger partial charge in [-0.2, -0.15) is 0 Å². The molecular formula is C65H114O12. The maximum absolute atomic E-state index is 13.2. The standard InChI is InChI=1S/C65H114O12/c1-4-7-10-13-16-19-22-25-28-29-32-33-36-39-42-45-48-51-57(66)73-54-56(75-58(67)52-49-46-43-40-37-34-30-26-23-20-17-14-11-8-5-2)55-74-65-63(61(70)60(69)62(77-65)64(71)72)76-59(68)53-50-47-44-41-38-35-31-27-24-21-18-15-12-9-6-3/h9,12,18,21,26-27,30-31,56,60-63,65,69-70H,4-8,10-11,13-17,19-20,22-25,28-29,32-55H2,1-3H3,(H,71,72)/b12-9-,21-18-,30-26-,31-27-. The first-order chi connectivity index (χ1) is 37.6. The number of carbonyl (C=O) groups excluding carboxylic acids is 3. The van der Waals surface area contributed by atoms with Crippen LogP contribution in [0.5, 0.6) is 0 Å². The number of ether oxygens (including phenoxy) is 5. The van der Waals surface area contributed by atoms with Crippen LogP contribution in [0.2, 0.25) is 0 Å². The second-order valence-corrected chi connectivity index (χ2v) is 21.7. The van der Waals surface area contributed by atoms with Crippen LogP contribution in [0.3, 0.4) is 0 Å². The summed E-state index contributed by atoms with van der Waals surface area (Å²) in [7, 11) is 0. The van der Waals surface area contributed by atoms with E-state index in [1.54, 1.807) is 0 Å². The van der Waals surface area contributed by atoms with E-state index < -0.39 is 67.3 Å². The van der Waals surface area contributed by atoms with Gasteiger partial charge in [0.25, 0.3) is 0 Å². The van der Waals surface area contributed by atoms with Crippen molar-refractivity contribution >= 4 is 23.9 Å². The lowest BCUT2D eigenvalue weighted by molar-refractivity contribution is -0.301. The van der Waals surface area contributed by atoms with Crippen LogP contribution in [-0.4, -0.2) is 89.2 Å². The number of esters is 3. The van der Waals surface area contributed by atoms with Crippen molar-refractivity contribution in [2.45, 2.75) is 327 Å². The number of carboxylic acid groups (broad SMARTS) is 1. The number of carboxylic acids is 1. The minimum Gasteiger partial charge on any atom is -0.479 e. The fourth-order valence-electron chi connectivity index (χ4n) is 9.56. The monoisotopic (exact) mass is 1090 g/mol. The average Bonchev–Trinajstić information content (AvgIpc) is 3.43. The normalized spacial score (nSPS) is 18.3. The van der Waals surface area contributed by atoms with Gasteiger partial charge in [-0.15, -0.1) is 0 Å². The molecule has 12 nitrogen and oxygen atoms in total. The van der Waals surface area contributed by atoms with E-state index >= 15 is 0 Å². The van der Waals surface area contributed by atoms with Gasteiger partial charge in [0.1, 0.15) is 18.8 Å². The topological polar surface area (TPSA) is 175 Å². The molecule has 1 rings (SSSR count). The first-order valence-electron chi connectivity index (χ1n) is 31.6. The van der Waals surface area contributed by atoms with Crippen molar-refractivity contribution in [3.8, 4) is 0 Å². The van der Waals surface area contributed by atoms with Gasteiger partial charge in [-0.25, -0.2) is 4.79 Å². The molecule has 0 saturated carbocycles. The number of aliphatic hydroxyl groups excluding tert-OH is 2. The second kappa shape index (κ2) is 53.3. The molecule has 0 spiro atoms. The number of aliphatic hydroxyl groups is 2. The molecule has 1 aliphatic rings. The Kier molecular flexibility index (Phi) is 49.7. The fourth-order valence-corrected chi connectivity index (χ4v) is 9.56. The van der Waals surface area contributed by atoms with Gasteiger partial charge < -0.3 is 39.0 Å². The molecule has 446 valence electrons. The van der Waals surface area contributed by atoms with E-state index in [1.165, 1.54) is 122 Å². The molecule has 0 aromatic carbocycles. The number of unbranched alkanes of at least 4 members (excludes halogenated alkanes) is 32. The summed E-state index contributed by atoms with van der Waals surface area (Å²) in [6.07, 6.45) is 52.2. The number of allylic oxidation sites excluding steroid dienone is 8. The smallest absolute Gasteiger partial charge is 0.335 e. The molecule has 77 heavy (non-hydrogen) atoms. The van der Waals surface area contributed by atoms with Crippen LogP contribution in [0.15, 0.2) is 48.6 Å². The van der Waals surface area contributed by atoms with E-state index in [0.717, 1.165) is 109 Å². The largest absolute Gasteiger partial charge is 0.479 e. The van der Waals surface area contributed by atoms with Gasteiger partial charge >= 0.3 is 23.9 Å². The van der Waals surface area contributed by atoms with E-state index in [1.807, 2.05) is 0 Å². The molecule has 1 aliphatic heterocycles. The number of rotatable bonds is 54. The highest BCUT2D eigenvalue weighted by Crippen LogP contribution is 2.27. The lowest BCUT2D eigenvalue weighted by atomic mass is 9.98. The highest BCUT2D eigenvalue weighted by Gasteiger charge is 2.50. The zero-order valence-electron chi connectivity index (χ0n) is 49.2. The number of carbonyl (C=O) groups is 4. The summed E-state index contributed by atoms with van der Waals surface area (Å²) in [4.78, 5) is 51.2.